The predicted molar refractivity (Wildman–Crippen MR) is 132 cm³/mol. The Morgan fingerprint density at radius 3 is 2.52 bits per heavy atom. The summed E-state index contributed by atoms with van der Waals surface area (Å²) in [5, 5.41) is 3.94. The van der Waals surface area contributed by atoms with Gasteiger partial charge in [0.05, 0.1) is 39.9 Å². The number of hydrogen-bond acceptors (Lipinski definition) is 4. The number of carbonyl (C=O) groups is 1. The summed E-state index contributed by atoms with van der Waals surface area (Å²) in [5.41, 5.74) is 4.47. The molecular formula is C25H23Cl2N3O3. The van der Waals surface area contributed by atoms with Gasteiger partial charge in [-0.2, -0.15) is 0 Å². The molecule has 1 heterocycles. The summed E-state index contributed by atoms with van der Waals surface area (Å²) in [7, 11) is 0. The first kappa shape index (κ1) is 23.3. The van der Waals surface area contributed by atoms with E-state index in [1.54, 1.807) is 36.4 Å². The first-order chi connectivity index (χ1) is 16.0. The molecule has 0 radical (unpaired) electrons. The van der Waals surface area contributed by atoms with Crippen molar-refractivity contribution in [2.24, 2.45) is 0 Å². The van der Waals surface area contributed by atoms with Crippen LogP contribution in [0, 0.1) is 0 Å². The minimum absolute atomic E-state index is 0.207. The summed E-state index contributed by atoms with van der Waals surface area (Å²) in [4.78, 5) is 30.5. The van der Waals surface area contributed by atoms with E-state index in [1.165, 1.54) is 0 Å². The number of aryl methyl sites for hydroxylation is 1. The Kier molecular flexibility index (Phi) is 7.62. The van der Waals surface area contributed by atoms with Crippen LogP contribution in [0.2, 0.25) is 10.0 Å². The second-order valence-electron chi connectivity index (χ2n) is 7.40. The maximum Gasteiger partial charge on any atom is 0.255 e. The molecule has 0 aliphatic rings. The smallest absolute Gasteiger partial charge is 0.255 e. The van der Waals surface area contributed by atoms with Gasteiger partial charge in [0.15, 0.2) is 0 Å². The third-order valence-corrected chi connectivity index (χ3v) is 5.68. The maximum absolute atomic E-state index is 12.8. The Bertz CT molecular complexity index is 1240. The fraction of sp³-hybridized carbons (Fsp3) is 0.200. The molecule has 4 aromatic rings. The highest BCUT2D eigenvalue weighted by Crippen LogP contribution is 2.34. The monoisotopic (exact) mass is 483 g/mol. The predicted octanol–water partition coefficient (Wildman–Crippen LogP) is 6.69. The van der Waals surface area contributed by atoms with Gasteiger partial charge < -0.3 is 10.3 Å². The number of halogens is 2. The highest BCUT2D eigenvalue weighted by molar-refractivity contribution is 6.39. The van der Waals surface area contributed by atoms with E-state index in [0.717, 1.165) is 35.1 Å². The summed E-state index contributed by atoms with van der Waals surface area (Å²) in [6, 6.07) is 18.4. The fourth-order valence-electron chi connectivity index (χ4n) is 3.43. The van der Waals surface area contributed by atoms with Crippen LogP contribution in [-0.4, -0.2) is 29.1 Å². The Labute approximate surface area is 201 Å². The SMILES string of the molecule is CCOOCCCc1ccc(NC(=O)c2ccc3nc(-c4c(Cl)cccc4Cl)[nH]c3c2)cc1. The molecule has 33 heavy (non-hydrogen) atoms. The number of nitrogens with zero attached hydrogens (tertiary/aromatic N) is 1. The van der Waals surface area contributed by atoms with Crippen LogP contribution in [0.15, 0.2) is 60.7 Å². The summed E-state index contributed by atoms with van der Waals surface area (Å²) in [5.74, 6) is 0.349. The molecule has 1 aromatic heterocycles. The fourth-order valence-corrected chi connectivity index (χ4v) is 4.01. The number of nitrogens with one attached hydrogen (secondary N) is 2. The molecule has 0 spiro atoms. The number of fused-ring (bicyclic) bond motifs is 1. The molecule has 3 aromatic carbocycles. The molecule has 0 fully saturated rings. The average Bonchev–Trinajstić information content (AvgIpc) is 3.22. The topological polar surface area (TPSA) is 76.2 Å². The van der Waals surface area contributed by atoms with Gasteiger partial charge >= 0.3 is 0 Å². The van der Waals surface area contributed by atoms with Gasteiger partial charge in [0.25, 0.3) is 5.91 Å². The second-order valence-corrected chi connectivity index (χ2v) is 8.21. The molecule has 0 bridgehead atoms. The van der Waals surface area contributed by atoms with E-state index >= 15 is 0 Å². The maximum atomic E-state index is 12.8. The number of imidazole rings is 1. The zero-order chi connectivity index (χ0) is 23.2. The number of anilines is 1. The average molecular weight is 484 g/mol. The number of hydrogen-bond donors (Lipinski definition) is 2. The van der Waals surface area contributed by atoms with Gasteiger partial charge in [-0.1, -0.05) is 41.4 Å². The molecule has 0 aliphatic heterocycles. The Morgan fingerprint density at radius 1 is 1.03 bits per heavy atom. The summed E-state index contributed by atoms with van der Waals surface area (Å²) in [6.07, 6.45) is 1.73. The van der Waals surface area contributed by atoms with E-state index in [-0.39, 0.29) is 5.91 Å². The van der Waals surface area contributed by atoms with Crippen molar-refractivity contribution in [3.8, 4) is 11.4 Å². The lowest BCUT2D eigenvalue weighted by Crippen LogP contribution is -2.11. The highest BCUT2D eigenvalue weighted by Gasteiger charge is 2.14. The van der Waals surface area contributed by atoms with Gasteiger partial charge in [0, 0.05) is 11.3 Å². The molecular weight excluding hydrogens is 461 g/mol. The third kappa shape index (κ3) is 5.72. The van der Waals surface area contributed by atoms with E-state index in [2.05, 4.69) is 15.3 Å². The van der Waals surface area contributed by atoms with Gasteiger partial charge in [-0.3, -0.25) is 4.79 Å². The Hall–Kier alpha value is -2.90. The largest absolute Gasteiger partial charge is 0.338 e. The molecule has 0 atom stereocenters. The molecule has 2 N–H and O–H groups in total. The van der Waals surface area contributed by atoms with Crippen molar-refractivity contribution in [1.29, 1.82) is 0 Å². The van der Waals surface area contributed by atoms with E-state index in [1.807, 2.05) is 31.2 Å². The van der Waals surface area contributed by atoms with Gasteiger partial charge in [0.1, 0.15) is 5.82 Å². The summed E-state index contributed by atoms with van der Waals surface area (Å²) < 4.78 is 0. The Balaban J connectivity index is 1.43. The molecule has 0 saturated carbocycles. The van der Waals surface area contributed by atoms with Crippen LogP contribution >= 0.6 is 23.2 Å². The van der Waals surface area contributed by atoms with Crippen LogP contribution in [0.1, 0.15) is 29.3 Å². The first-order valence-corrected chi connectivity index (χ1v) is 11.4. The molecule has 6 nitrogen and oxygen atoms in total. The summed E-state index contributed by atoms with van der Waals surface area (Å²) >= 11 is 12.6. The van der Waals surface area contributed by atoms with Crippen LogP contribution in [0.5, 0.6) is 0 Å². The van der Waals surface area contributed by atoms with E-state index in [9.17, 15) is 4.79 Å². The lowest BCUT2D eigenvalue weighted by molar-refractivity contribution is -0.291. The normalized spacial score (nSPS) is 11.1. The zero-order valence-electron chi connectivity index (χ0n) is 18.0. The van der Waals surface area contributed by atoms with Crippen LogP contribution in [0.3, 0.4) is 0 Å². The van der Waals surface area contributed by atoms with Crippen molar-refractivity contribution in [3.05, 3.63) is 81.8 Å². The first-order valence-electron chi connectivity index (χ1n) is 10.6. The molecule has 4 rings (SSSR count). The number of carbonyl (C=O) groups excluding carboxylic acids is 1. The second kappa shape index (κ2) is 10.8. The van der Waals surface area contributed by atoms with Gasteiger partial charge in [-0.15, -0.1) is 0 Å². The minimum atomic E-state index is -0.207. The molecule has 0 unspecified atom stereocenters. The van der Waals surface area contributed by atoms with Crippen molar-refractivity contribution < 1.29 is 14.6 Å². The van der Waals surface area contributed by atoms with E-state index < -0.39 is 0 Å². The standard InChI is InChI=1S/C25H23Cl2N3O3/c1-2-32-33-14-4-5-16-8-11-18(12-9-16)28-25(31)17-10-13-21-22(15-17)30-24(29-21)23-19(26)6-3-7-20(23)27/h3,6-13,15H,2,4-5,14H2,1H3,(H,28,31)(H,29,30). The van der Waals surface area contributed by atoms with Crippen molar-refractivity contribution in [2.75, 3.05) is 18.5 Å². The highest BCUT2D eigenvalue weighted by atomic mass is 35.5. The van der Waals surface area contributed by atoms with Gasteiger partial charge in [-0.05, 0) is 67.8 Å². The van der Waals surface area contributed by atoms with Crippen molar-refractivity contribution in [3.63, 3.8) is 0 Å². The molecule has 170 valence electrons. The molecule has 8 heteroatoms. The number of H-pyrrole nitrogens is 1. The quantitative estimate of drug-likeness (QED) is 0.158. The van der Waals surface area contributed by atoms with Crippen LogP contribution in [-0.2, 0) is 16.2 Å². The minimum Gasteiger partial charge on any atom is -0.338 e. The summed E-state index contributed by atoms with van der Waals surface area (Å²) in [6.45, 7) is 2.97. The van der Waals surface area contributed by atoms with Crippen molar-refractivity contribution >= 4 is 45.8 Å². The van der Waals surface area contributed by atoms with Gasteiger partial charge in [0.2, 0.25) is 0 Å². The number of rotatable bonds is 9. The molecule has 0 saturated heterocycles. The molecule has 1 amide bonds. The van der Waals surface area contributed by atoms with Crippen LogP contribution in [0.4, 0.5) is 5.69 Å². The lowest BCUT2D eigenvalue weighted by Gasteiger charge is -2.07. The van der Waals surface area contributed by atoms with Crippen molar-refractivity contribution in [2.45, 2.75) is 19.8 Å². The number of benzene rings is 3. The number of amides is 1. The Morgan fingerprint density at radius 2 is 1.79 bits per heavy atom. The van der Waals surface area contributed by atoms with Crippen LogP contribution < -0.4 is 5.32 Å². The van der Waals surface area contributed by atoms with Crippen molar-refractivity contribution in [1.82, 2.24) is 9.97 Å². The molecule has 0 aliphatic carbocycles. The third-order valence-electron chi connectivity index (χ3n) is 5.05. The lowest BCUT2D eigenvalue weighted by atomic mass is 10.1. The number of aromatic nitrogens is 2. The number of aromatic amines is 1. The zero-order valence-corrected chi connectivity index (χ0v) is 19.5. The van der Waals surface area contributed by atoms with Gasteiger partial charge in [-0.25, -0.2) is 14.8 Å². The van der Waals surface area contributed by atoms with Crippen LogP contribution in [0.25, 0.3) is 22.4 Å². The van der Waals surface area contributed by atoms with E-state index in [0.29, 0.717) is 40.2 Å². The van der Waals surface area contributed by atoms with E-state index in [4.69, 9.17) is 33.0 Å².